The number of aromatic nitrogens is 4. The minimum atomic E-state index is 0.213. The molecule has 92 valence electrons. The molecule has 17 heavy (non-hydrogen) atoms. The van der Waals surface area contributed by atoms with Crippen molar-refractivity contribution in [3.05, 3.63) is 35.4 Å². The van der Waals surface area contributed by atoms with Gasteiger partial charge in [0.05, 0.1) is 17.4 Å². The summed E-state index contributed by atoms with van der Waals surface area (Å²) in [5.74, 6) is 0. The van der Waals surface area contributed by atoms with Gasteiger partial charge < -0.3 is 5.32 Å². The molecule has 0 amide bonds. The molecular weight excluding hydrogens is 214 g/mol. The first-order valence-corrected chi connectivity index (χ1v) is 5.76. The molecule has 2 aromatic heterocycles. The lowest BCUT2D eigenvalue weighted by Crippen LogP contribution is -2.20. The molecule has 0 aromatic carbocycles. The molecule has 0 aliphatic carbocycles. The van der Waals surface area contributed by atoms with E-state index in [-0.39, 0.29) is 6.04 Å². The zero-order chi connectivity index (χ0) is 12.4. The van der Waals surface area contributed by atoms with Crippen LogP contribution in [-0.4, -0.2) is 26.6 Å². The molecule has 1 unspecified atom stereocenters. The van der Waals surface area contributed by atoms with Gasteiger partial charge in [-0.3, -0.25) is 9.36 Å². The van der Waals surface area contributed by atoms with Crippen molar-refractivity contribution in [1.82, 2.24) is 24.9 Å². The third-order valence-corrected chi connectivity index (χ3v) is 3.02. The minimum absolute atomic E-state index is 0.213. The van der Waals surface area contributed by atoms with Gasteiger partial charge in [-0.05, 0) is 26.1 Å². The van der Waals surface area contributed by atoms with Gasteiger partial charge in [0.1, 0.15) is 0 Å². The van der Waals surface area contributed by atoms with Crippen LogP contribution in [-0.2, 0) is 20.5 Å². The number of aryl methyl sites for hydroxylation is 3. The van der Waals surface area contributed by atoms with E-state index in [1.165, 1.54) is 5.69 Å². The van der Waals surface area contributed by atoms with Crippen molar-refractivity contribution in [2.75, 3.05) is 7.05 Å². The maximum Gasteiger partial charge on any atom is 0.0800 e. The largest absolute Gasteiger partial charge is 0.311 e. The predicted octanol–water partition coefficient (Wildman–Crippen LogP) is 0.965. The second kappa shape index (κ2) is 4.71. The van der Waals surface area contributed by atoms with Crippen LogP contribution in [0.25, 0.3) is 0 Å². The molecule has 0 saturated carbocycles. The Bertz CT molecular complexity index is 477. The summed E-state index contributed by atoms with van der Waals surface area (Å²) in [6, 6.07) is 4.37. The normalized spacial score (nSPS) is 12.9. The summed E-state index contributed by atoms with van der Waals surface area (Å²) < 4.78 is 3.73. The number of hydrogen-bond donors (Lipinski definition) is 1. The van der Waals surface area contributed by atoms with Crippen LogP contribution in [0.15, 0.2) is 18.3 Å². The van der Waals surface area contributed by atoms with Crippen LogP contribution in [0.1, 0.15) is 23.1 Å². The fourth-order valence-corrected chi connectivity index (χ4v) is 1.89. The first kappa shape index (κ1) is 11.9. The molecule has 1 N–H and O–H groups in total. The van der Waals surface area contributed by atoms with Crippen molar-refractivity contribution in [2.24, 2.45) is 14.1 Å². The Labute approximate surface area is 101 Å². The van der Waals surface area contributed by atoms with Gasteiger partial charge >= 0.3 is 0 Å². The monoisotopic (exact) mass is 233 g/mol. The summed E-state index contributed by atoms with van der Waals surface area (Å²) >= 11 is 0. The van der Waals surface area contributed by atoms with Crippen LogP contribution in [0.3, 0.4) is 0 Å². The van der Waals surface area contributed by atoms with Gasteiger partial charge in [-0.25, -0.2) is 0 Å². The maximum absolute atomic E-state index is 4.50. The molecule has 5 nitrogen and oxygen atoms in total. The molecule has 0 radical (unpaired) electrons. The van der Waals surface area contributed by atoms with Crippen molar-refractivity contribution >= 4 is 0 Å². The Morgan fingerprint density at radius 2 is 2.12 bits per heavy atom. The molecule has 0 spiro atoms. The fraction of sp³-hybridized carbons (Fsp3) is 0.500. The van der Waals surface area contributed by atoms with E-state index in [4.69, 9.17) is 0 Å². The highest BCUT2D eigenvalue weighted by Gasteiger charge is 2.15. The number of nitrogens with zero attached hydrogens (tertiary/aromatic N) is 4. The zero-order valence-electron chi connectivity index (χ0n) is 10.8. The van der Waals surface area contributed by atoms with Crippen LogP contribution >= 0.6 is 0 Å². The van der Waals surface area contributed by atoms with E-state index in [9.17, 15) is 0 Å². The summed E-state index contributed by atoms with van der Waals surface area (Å²) in [7, 11) is 5.85. The summed E-state index contributed by atoms with van der Waals surface area (Å²) in [5.41, 5.74) is 3.31. The van der Waals surface area contributed by atoms with Gasteiger partial charge in [0.25, 0.3) is 0 Å². The standard InChI is InChI=1S/C12H19N5/c1-9-7-12(15-17(9)4)11(13-2)8-10-5-6-16(3)14-10/h5-7,11,13H,8H2,1-4H3. The highest BCUT2D eigenvalue weighted by molar-refractivity contribution is 5.15. The van der Waals surface area contributed by atoms with Gasteiger partial charge in [0.2, 0.25) is 0 Å². The molecular formula is C12H19N5. The molecule has 2 rings (SSSR count). The fourth-order valence-electron chi connectivity index (χ4n) is 1.89. The van der Waals surface area contributed by atoms with Crippen LogP contribution in [0.2, 0.25) is 0 Å². The Balaban J connectivity index is 2.16. The molecule has 0 aliphatic rings. The second-order valence-electron chi connectivity index (χ2n) is 4.36. The molecule has 0 fully saturated rings. The molecule has 0 aliphatic heterocycles. The molecule has 0 saturated heterocycles. The second-order valence-corrected chi connectivity index (χ2v) is 4.36. The lowest BCUT2D eigenvalue weighted by atomic mass is 10.1. The third kappa shape index (κ3) is 2.55. The minimum Gasteiger partial charge on any atom is -0.311 e. The van der Waals surface area contributed by atoms with Crippen LogP contribution in [0.5, 0.6) is 0 Å². The summed E-state index contributed by atoms with van der Waals surface area (Å²) in [6.45, 7) is 2.06. The van der Waals surface area contributed by atoms with E-state index in [0.717, 1.165) is 17.8 Å². The van der Waals surface area contributed by atoms with E-state index in [0.29, 0.717) is 0 Å². The molecule has 0 bridgehead atoms. The zero-order valence-corrected chi connectivity index (χ0v) is 10.8. The first-order chi connectivity index (χ1) is 8.10. The van der Waals surface area contributed by atoms with Crippen LogP contribution in [0.4, 0.5) is 0 Å². The number of nitrogens with one attached hydrogen (secondary N) is 1. The lowest BCUT2D eigenvalue weighted by Gasteiger charge is -2.11. The summed E-state index contributed by atoms with van der Waals surface area (Å²) in [6.07, 6.45) is 2.82. The predicted molar refractivity (Wildman–Crippen MR) is 66.7 cm³/mol. The molecule has 2 aromatic rings. The smallest absolute Gasteiger partial charge is 0.0800 e. The number of hydrogen-bond acceptors (Lipinski definition) is 3. The van der Waals surface area contributed by atoms with Crippen molar-refractivity contribution in [1.29, 1.82) is 0 Å². The number of likely N-dealkylation sites (N-methyl/N-ethyl adjacent to an activating group) is 1. The van der Waals surface area contributed by atoms with Crippen molar-refractivity contribution in [2.45, 2.75) is 19.4 Å². The third-order valence-electron chi connectivity index (χ3n) is 3.02. The van der Waals surface area contributed by atoms with Crippen LogP contribution < -0.4 is 5.32 Å². The Morgan fingerprint density at radius 3 is 2.59 bits per heavy atom. The maximum atomic E-state index is 4.50. The first-order valence-electron chi connectivity index (χ1n) is 5.76. The van der Waals surface area contributed by atoms with Gasteiger partial charge in [-0.15, -0.1) is 0 Å². The summed E-state index contributed by atoms with van der Waals surface area (Å²) in [5, 5.41) is 12.2. The van der Waals surface area contributed by atoms with Gasteiger partial charge in [0.15, 0.2) is 0 Å². The highest BCUT2D eigenvalue weighted by Crippen LogP contribution is 2.16. The van der Waals surface area contributed by atoms with Crippen molar-refractivity contribution in [3.63, 3.8) is 0 Å². The Kier molecular flexibility index (Phi) is 3.28. The Morgan fingerprint density at radius 1 is 1.35 bits per heavy atom. The average molecular weight is 233 g/mol. The molecule has 2 heterocycles. The highest BCUT2D eigenvalue weighted by atomic mass is 15.3. The van der Waals surface area contributed by atoms with Gasteiger partial charge in [-0.2, -0.15) is 10.2 Å². The van der Waals surface area contributed by atoms with Crippen molar-refractivity contribution in [3.8, 4) is 0 Å². The van der Waals surface area contributed by atoms with E-state index in [2.05, 4.69) is 28.5 Å². The van der Waals surface area contributed by atoms with Gasteiger partial charge in [-0.1, -0.05) is 0 Å². The van der Waals surface area contributed by atoms with E-state index in [1.54, 1.807) is 0 Å². The summed E-state index contributed by atoms with van der Waals surface area (Å²) in [4.78, 5) is 0. The van der Waals surface area contributed by atoms with E-state index < -0.39 is 0 Å². The molecule has 1 atom stereocenters. The Hall–Kier alpha value is -1.62. The lowest BCUT2D eigenvalue weighted by molar-refractivity contribution is 0.551. The van der Waals surface area contributed by atoms with Crippen molar-refractivity contribution < 1.29 is 0 Å². The average Bonchev–Trinajstić information content (AvgIpc) is 2.83. The number of rotatable bonds is 4. The quantitative estimate of drug-likeness (QED) is 0.856. The van der Waals surface area contributed by atoms with Crippen LogP contribution in [0, 0.1) is 6.92 Å². The molecule has 5 heteroatoms. The topological polar surface area (TPSA) is 47.7 Å². The van der Waals surface area contributed by atoms with Gasteiger partial charge in [0, 0.05) is 32.4 Å². The SMILES string of the molecule is CNC(Cc1ccn(C)n1)c1cc(C)n(C)n1. The van der Waals surface area contributed by atoms with E-state index >= 15 is 0 Å². The van der Waals surface area contributed by atoms with E-state index in [1.807, 2.05) is 42.8 Å².